The lowest BCUT2D eigenvalue weighted by Crippen LogP contribution is -2.51. The second-order valence-electron chi connectivity index (χ2n) is 6.40. The van der Waals surface area contributed by atoms with Crippen molar-refractivity contribution in [3.63, 3.8) is 0 Å². The molecule has 1 saturated heterocycles. The molecule has 1 N–H and O–H groups in total. The summed E-state index contributed by atoms with van der Waals surface area (Å²) < 4.78 is 29.5. The highest BCUT2D eigenvalue weighted by Gasteiger charge is 2.34. The van der Waals surface area contributed by atoms with E-state index in [1.165, 1.54) is 9.21 Å². The number of piperidine rings is 1. The van der Waals surface area contributed by atoms with Crippen LogP contribution in [0.15, 0.2) is 0 Å². The fraction of sp³-hybridized carbons (Fsp3) is 0.846. The molecule has 0 aromatic heterocycles. The number of carbonyl (C=O) groups is 2. The number of carboxylic acids is 1. The molecule has 0 radical (unpaired) electrons. The predicted molar refractivity (Wildman–Crippen MR) is 80.0 cm³/mol. The zero-order valence-corrected chi connectivity index (χ0v) is 14.2. The van der Waals surface area contributed by atoms with Crippen LogP contribution in [0.2, 0.25) is 0 Å². The standard InChI is InChI=1S/C13H24N2O6S/c1-13(2,3)21-12(18)15(9-11(16)17)10-5-7-14(8-6-10)22(4,19)20/h10H,5-9H2,1-4H3,(H,16,17). The van der Waals surface area contributed by atoms with Crippen LogP contribution in [0.5, 0.6) is 0 Å². The van der Waals surface area contributed by atoms with E-state index in [1.54, 1.807) is 20.8 Å². The maximum Gasteiger partial charge on any atom is 0.411 e. The third-order valence-corrected chi connectivity index (χ3v) is 4.57. The van der Waals surface area contributed by atoms with Crippen molar-refractivity contribution in [1.29, 1.82) is 0 Å². The third kappa shape index (κ3) is 5.80. The molecule has 0 saturated carbocycles. The van der Waals surface area contributed by atoms with Crippen LogP contribution in [0.25, 0.3) is 0 Å². The number of ether oxygens (including phenoxy) is 1. The molecular formula is C13H24N2O6S. The lowest BCUT2D eigenvalue weighted by molar-refractivity contribution is -0.139. The minimum absolute atomic E-state index is 0.266. The Kier molecular flexibility index (Phi) is 5.80. The number of carboxylic acid groups (broad SMARTS) is 1. The molecule has 1 fully saturated rings. The van der Waals surface area contributed by atoms with E-state index in [0.717, 1.165) is 6.26 Å². The van der Waals surface area contributed by atoms with Crippen molar-refractivity contribution in [2.75, 3.05) is 25.9 Å². The molecule has 0 unspecified atom stereocenters. The van der Waals surface area contributed by atoms with Gasteiger partial charge < -0.3 is 9.84 Å². The summed E-state index contributed by atoms with van der Waals surface area (Å²) in [4.78, 5) is 24.3. The van der Waals surface area contributed by atoms with Crippen molar-refractivity contribution < 1.29 is 27.9 Å². The fourth-order valence-corrected chi connectivity index (χ4v) is 3.17. The number of nitrogens with zero attached hydrogens (tertiary/aromatic N) is 2. The van der Waals surface area contributed by atoms with Gasteiger partial charge in [-0.15, -0.1) is 0 Å². The van der Waals surface area contributed by atoms with E-state index in [2.05, 4.69) is 0 Å². The average molecular weight is 336 g/mol. The predicted octanol–water partition coefficient (Wildman–Crippen LogP) is 0.732. The Morgan fingerprint density at radius 1 is 1.27 bits per heavy atom. The van der Waals surface area contributed by atoms with E-state index in [0.29, 0.717) is 12.8 Å². The molecule has 9 heteroatoms. The Balaban J connectivity index is 2.78. The van der Waals surface area contributed by atoms with Gasteiger partial charge in [-0.3, -0.25) is 9.69 Å². The van der Waals surface area contributed by atoms with Gasteiger partial charge in [0, 0.05) is 19.1 Å². The van der Waals surface area contributed by atoms with E-state index in [9.17, 15) is 18.0 Å². The molecule has 1 aliphatic heterocycles. The normalized spacial score (nSPS) is 18.0. The quantitative estimate of drug-likeness (QED) is 0.811. The van der Waals surface area contributed by atoms with Gasteiger partial charge in [-0.25, -0.2) is 17.5 Å². The van der Waals surface area contributed by atoms with Crippen LogP contribution in [0.3, 0.4) is 0 Å². The molecule has 0 atom stereocenters. The Morgan fingerprint density at radius 3 is 2.14 bits per heavy atom. The van der Waals surface area contributed by atoms with Gasteiger partial charge in [-0.2, -0.15) is 0 Å². The molecule has 0 aliphatic carbocycles. The molecule has 1 heterocycles. The smallest absolute Gasteiger partial charge is 0.411 e. The van der Waals surface area contributed by atoms with Crippen LogP contribution in [0, 0.1) is 0 Å². The van der Waals surface area contributed by atoms with Gasteiger partial charge >= 0.3 is 12.1 Å². The van der Waals surface area contributed by atoms with Gasteiger partial charge in [0.05, 0.1) is 6.26 Å². The van der Waals surface area contributed by atoms with Crippen LogP contribution in [-0.2, 0) is 19.6 Å². The highest BCUT2D eigenvalue weighted by atomic mass is 32.2. The van der Waals surface area contributed by atoms with Gasteiger partial charge in [0.25, 0.3) is 0 Å². The Hall–Kier alpha value is -1.35. The zero-order chi connectivity index (χ0) is 17.1. The summed E-state index contributed by atoms with van der Waals surface area (Å²) in [6.07, 6.45) is 1.22. The van der Waals surface area contributed by atoms with E-state index in [-0.39, 0.29) is 19.1 Å². The number of hydrogen-bond acceptors (Lipinski definition) is 5. The molecular weight excluding hydrogens is 312 g/mol. The third-order valence-electron chi connectivity index (χ3n) is 3.27. The highest BCUT2D eigenvalue weighted by Crippen LogP contribution is 2.21. The molecule has 0 aromatic rings. The van der Waals surface area contributed by atoms with Gasteiger partial charge in [0.15, 0.2) is 0 Å². The van der Waals surface area contributed by atoms with Crippen molar-refractivity contribution in [2.45, 2.75) is 45.3 Å². The summed E-state index contributed by atoms with van der Waals surface area (Å²) in [6, 6.07) is -0.344. The number of rotatable bonds is 4. The van der Waals surface area contributed by atoms with Gasteiger partial charge in [-0.1, -0.05) is 0 Å². The monoisotopic (exact) mass is 336 g/mol. The molecule has 1 aliphatic rings. The Bertz CT molecular complexity index is 517. The number of amides is 1. The van der Waals surface area contributed by atoms with E-state index in [1.807, 2.05) is 0 Å². The van der Waals surface area contributed by atoms with E-state index >= 15 is 0 Å². The minimum Gasteiger partial charge on any atom is -0.480 e. The maximum atomic E-state index is 12.2. The second kappa shape index (κ2) is 6.82. The lowest BCUT2D eigenvalue weighted by Gasteiger charge is -2.37. The summed E-state index contributed by atoms with van der Waals surface area (Å²) in [5.41, 5.74) is -0.721. The Morgan fingerprint density at radius 2 is 1.77 bits per heavy atom. The number of sulfonamides is 1. The van der Waals surface area contributed by atoms with Crippen LogP contribution >= 0.6 is 0 Å². The largest absolute Gasteiger partial charge is 0.480 e. The second-order valence-corrected chi connectivity index (χ2v) is 8.38. The first kappa shape index (κ1) is 18.7. The molecule has 0 spiro atoms. The summed E-state index contributed by atoms with van der Waals surface area (Å²) in [7, 11) is -3.26. The number of carbonyl (C=O) groups excluding carboxylic acids is 1. The van der Waals surface area contributed by atoms with Crippen LogP contribution < -0.4 is 0 Å². The molecule has 8 nitrogen and oxygen atoms in total. The first-order chi connectivity index (χ1) is 9.90. The minimum atomic E-state index is -3.26. The molecule has 0 aromatic carbocycles. The van der Waals surface area contributed by atoms with Crippen molar-refractivity contribution in [3.05, 3.63) is 0 Å². The van der Waals surface area contributed by atoms with Crippen LogP contribution in [-0.4, -0.2) is 72.3 Å². The van der Waals surface area contributed by atoms with Crippen molar-refractivity contribution in [3.8, 4) is 0 Å². The SMILES string of the molecule is CC(C)(C)OC(=O)N(CC(=O)O)C1CCN(S(C)(=O)=O)CC1. The zero-order valence-electron chi connectivity index (χ0n) is 13.4. The summed E-state index contributed by atoms with van der Waals surface area (Å²) >= 11 is 0. The van der Waals surface area contributed by atoms with Crippen LogP contribution in [0.4, 0.5) is 4.79 Å². The van der Waals surface area contributed by atoms with Gasteiger partial charge in [0.1, 0.15) is 12.1 Å². The number of hydrogen-bond donors (Lipinski definition) is 1. The lowest BCUT2D eigenvalue weighted by atomic mass is 10.1. The molecule has 1 rings (SSSR count). The van der Waals surface area contributed by atoms with Crippen molar-refractivity contribution >= 4 is 22.1 Å². The highest BCUT2D eigenvalue weighted by molar-refractivity contribution is 7.88. The summed E-state index contributed by atoms with van der Waals surface area (Å²) in [5.74, 6) is -1.13. The van der Waals surface area contributed by atoms with Crippen LogP contribution in [0.1, 0.15) is 33.6 Å². The molecule has 1 amide bonds. The molecule has 0 bridgehead atoms. The summed E-state index contributed by atoms with van der Waals surface area (Å²) in [6.45, 7) is 5.19. The van der Waals surface area contributed by atoms with Crippen molar-refractivity contribution in [1.82, 2.24) is 9.21 Å². The van der Waals surface area contributed by atoms with Crippen molar-refractivity contribution in [2.24, 2.45) is 0 Å². The van der Waals surface area contributed by atoms with Gasteiger partial charge in [-0.05, 0) is 33.6 Å². The van der Waals surface area contributed by atoms with E-state index < -0.39 is 34.2 Å². The molecule has 22 heavy (non-hydrogen) atoms. The van der Waals surface area contributed by atoms with E-state index in [4.69, 9.17) is 9.84 Å². The summed E-state index contributed by atoms with van der Waals surface area (Å²) in [5, 5.41) is 8.99. The maximum absolute atomic E-state index is 12.2. The number of aliphatic carboxylic acids is 1. The molecule has 128 valence electrons. The topological polar surface area (TPSA) is 104 Å². The van der Waals surface area contributed by atoms with Gasteiger partial charge in [0.2, 0.25) is 10.0 Å². The fourth-order valence-electron chi connectivity index (χ4n) is 2.29. The Labute approximate surface area is 131 Å². The average Bonchev–Trinajstić information content (AvgIpc) is 2.32. The first-order valence-corrected chi connectivity index (χ1v) is 8.91. The first-order valence-electron chi connectivity index (χ1n) is 7.06.